The molecule has 0 spiro atoms. The van der Waals surface area contributed by atoms with Gasteiger partial charge in [0.25, 0.3) is 0 Å². The van der Waals surface area contributed by atoms with E-state index in [1.807, 2.05) is 24.3 Å². The normalized spacial score (nSPS) is 26.7. The summed E-state index contributed by atoms with van der Waals surface area (Å²) in [5.74, 6) is 0.263. The van der Waals surface area contributed by atoms with Crippen LogP contribution in [0.5, 0.6) is 0 Å². The monoisotopic (exact) mass is 423 g/mol. The number of nitrogens with two attached hydrogens (primary N) is 1. The Bertz CT molecular complexity index is 1010. The Morgan fingerprint density at radius 3 is 2.48 bits per heavy atom. The van der Waals surface area contributed by atoms with Gasteiger partial charge in [0.05, 0.1) is 5.69 Å². The third kappa shape index (κ3) is 3.84. The first-order chi connectivity index (χ1) is 15.0. The molecule has 31 heavy (non-hydrogen) atoms. The van der Waals surface area contributed by atoms with Gasteiger partial charge in [-0.05, 0) is 55.0 Å². The summed E-state index contributed by atoms with van der Waals surface area (Å²) < 4.78 is 1.48. The summed E-state index contributed by atoms with van der Waals surface area (Å²) in [6.07, 6.45) is 5.21. The third-order valence-electron chi connectivity index (χ3n) is 6.90. The quantitative estimate of drug-likeness (QED) is 0.542. The predicted molar refractivity (Wildman–Crippen MR) is 118 cm³/mol. The maximum absolute atomic E-state index is 12.5. The van der Waals surface area contributed by atoms with Gasteiger partial charge in [-0.25, -0.2) is 9.59 Å². The molecule has 6 rings (SSSR count). The van der Waals surface area contributed by atoms with E-state index in [1.165, 1.54) is 29.4 Å². The van der Waals surface area contributed by atoms with Crippen LogP contribution in [0.4, 0.5) is 10.6 Å². The topological polar surface area (TPSA) is 117 Å². The van der Waals surface area contributed by atoms with Crippen molar-refractivity contribution in [1.29, 1.82) is 0 Å². The molecular weight excluding hydrogens is 394 g/mol. The first-order valence-corrected chi connectivity index (χ1v) is 10.9. The van der Waals surface area contributed by atoms with Crippen molar-refractivity contribution in [3.63, 3.8) is 0 Å². The Balaban J connectivity index is 1.19. The SMILES string of the molecule is NCC12CC(NCc3ccc(-n4ccc(NC(=O)N5CCNCC5)nc4=O)cc3)(C1)C2. The first kappa shape index (κ1) is 20.2. The Morgan fingerprint density at radius 1 is 1.13 bits per heavy atom. The van der Waals surface area contributed by atoms with Gasteiger partial charge >= 0.3 is 11.7 Å². The van der Waals surface area contributed by atoms with Gasteiger partial charge in [-0.15, -0.1) is 0 Å². The van der Waals surface area contributed by atoms with Gasteiger partial charge in [-0.3, -0.25) is 9.88 Å². The number of carbonyl (C=O) groups is 1. The number of hydrogen-bond acceptors (Lipinski definition) is 6. The van der Waals surface area contributed by atoms with Crippen LogP contribution < -0.4 is 27.4 Å². The highest BCUT2D eigenvalue weighted by Crippen LogP contribution is 2.66. The molecule has 5 N–H and O–H groups in total. The molecule has 1 aliphatic heterocycles. The number of amides is 2. The van der Waals surface area contributed by atoms with Crippen molar-refractivity contribution in [2.45, 2.75) is 31.3 Å². The van der Waals surface area contributed by atoms with E-state index in [-0.39, 0.29) is 11.8 Å². The zero-order chi connectivity index (χ0) is 21.5. The van der Waals surface area contributed by atoms with E-state index in [0.717, 1.165) is 31.9 Å². The summed E-state index contributed by atoms with van der Waals surface area (Å²) in [6, 6.07) is 9.31. The van der Waals surface area contributed by atoms with Gasteiger partial charge < -0.3 is 21.3 Å². The van der Waals surface area contributed by atoms with E-state index in [9.17, 15) is 9.59 Å². The van der Waals surface area contributed by atoms with Crippen molar-refractivity contribution in [2.75, 3.05) is 38.0 Å². The summed E-state index contributed by atoms with van der Waals surface area (Å²) in [7, 11) is 0. The smallest absolute Gasteiger partial charge is 0.330 e. The van der Waals surface area contributed by atoms with Crippen LogP contribution in [0, 0.1) is 5.41 Å². The Morgan fingerprint density at radius 2 is 1.84 bits per heavy atom. The van der Waals surface area contributed by atoms with Gasteiger partial charge in [-0.1, -0.05) is 12.1 Å². The predicted octanol–water partition coefficient (Wildman–Crippen LogP) is 0.641. The van der Waals surface area contributed by atoms with E-state index >= 15 is 0 Å². The lowest BCUT2D eigenvalue weighted by molar-refractivity contribution is -0.147. The fraction of sp³-hybridized carbons (Fsp3) is 0.500. The minimum Gasteiger partial charge on any atom is -0.330 e. The second-order valence-electron chi connectivity index (χ2n) is 9.17. The molecule has 4 fully saturated rings. The molecule has 2 aromatic rings. The van der Waals surface area contributed by atoms with E-state index in [2.05, 4.69) is 20.9 Å². The number of carbonyl (C=O) groups excluding carboxylic acids is 1. The summed E-state index contributed by atoms with van der Waals surface area (Å²) in [6.45, 7) is 4.42. The highest BCUT2D eigenvalue weighted by Gasteiger charge is 2.66. The van der Waals surface area contributed by atoms with Gasteiger partial charge in [-0.2, -0.15) is 4.98 Å². The van der Waals surface area contributed by atoms with Crippen molar-refractivity contribution in [1.82, 2.24) is 25.1 Å². The van der Waals surface area contributed by atoms with Crippen LogP contribution in [0.25, 0.3) is 5.69 Å². The Kier molecular flexibility index (Phi) is 5.04. The van der Waals surface area contributed by atoms with Crippen LogP contribution in [0.15, 0.2) is 41.3 Å². The van der Waals surface area contributed by atoms with E-state index in [1.54, 1.807) is 17.2 Å². The number of urea groups is 1. The summed E-state index contributed by atoms with van der Waals surface area (Å²) >= 11 is 0. The number of nitrogens with one attached hydrogen (secondary N) is 3. The van der Waals surface area contributed by atoms with Crippen molar-refractivity contribution in [3.05, 3.63) is 52.6 Å². The highest BCUT2D eigenvalue weighted by atomic mass is 16.2. The molecule has 0 unspecified atom stereocenters. The Labute approximate surface area is 181 Å². The highest BCUT2D eigenvalue weighted by molar-refractivity contribution is 5.88. The van der Waals surface area contributed by atoms with Crippen LogP contribution in [0.2, 0.25) is 0 Å². The molecule has 2 bridgehead atoms. The van der Waals surface area contributed by atoms with Crippen LogP contribution in [0.3, 0.4) is 0 Å². The average Bonchev–Trinajstić information content (AvgIpc) is 2.73. The molecule has 2 heterocycles. The molecule has 1 aromatic carbocycles. The summed E-state index contributed by atoms with van der Waals surface area (Å²) in [5, 5.41) is 9.59. The molecule has 0 radical (unpaired) electrons. The lowest BCUT2D eigenvalue weighted by Crippen LogP contribution is -2.75. The zero-order valence-corrected chi connectivity index (χ0v) is 17.6. The van der Waals surface area contributed by atoms with E-state index in [0.29, 0.717) is 24.0 Å². The molecule has 3 saturated carbocycles. The van der Waals surface area contributed by atoms with Crippen LogP contribution in [-0.4, -0.2) is 58.7 Å². The third-order valence-corrected chi connectivity index (χ3v) is 6.90. The van der Waals surface area contributed by atoms with E-state index in [4.69, 9.17) is 5.73 Å². The molecule has 0 atom stereocenters. The van der Waals surface area contributed by atoms with E-state index < -0.39 is 5.69 Å². The van der Waals surface area contributed by atoms with Crippen molar-refractivity contribution in [3.8, 4) is 5.69 Å². The second-order valence-corrected chi connectivity index (χ2v) is 9.17. The van der Waals surface area contributed by atoms with Crippen molar-refractivity contribution < 1.29 is 4.79 Å². The van der Waals surface area contributed by atoms with Gasteiger partial charge in [0.1, 0.15) is 5.82 Å². The molecule has 164 valence electrons. The number of piperazine rings is 1. The van der Waals surface area contributed by atoms with Gasteiger partial charge in [0.2, 0.25) is 0 Å². The molecule has 3 aliphatic carbocycles. The molecular formula is C22H29N7O2. The largest absolute Gasteiger partial charge is 0.354 e. The van der Waals surface area contributed by atoms with Crippen molar-refractivity contribution >= 4 is 11.8 Å². The molecule has 1 aromatic heterocycles. The first-order valence-electron chi connectivity index (χ1n) is 10.9. The number of aromatic nitrogens is 2. The van der Waals surface area contributed by atoms with Crippen LogP contribution >= 0.6 is 0 Å². The molecule has 1 saturated heterocycles. The lowest BCUT2D eigenvalue weighted by Gasteiger charge is -2.71. The number of hydrogen-bond donors (Lipinski definition) is 4. The number of rotatable bonds is 6. The van der Waals surface area contributed by atoms with Crippen LogP contribution in [0.1, 0.15) is 24.8 Å². The molecule has 4 aliphatic rings. The number of benzene rings is 1. The fourth-order valence-corrected chi connectivity index (χ4v) is 5.19. The zero-order valence-electron chi connectivity index (χ0n) is 17.6. The second kappa shape index (κ2) is 7.74. The average molecular weight is 424 g/mol. The standard InChI is InChI=1S/C22H29N7O2/c23-15-21-12-22(13-21,14-21)25-11-16-1-3-17(4-2-16)29-8-5-18(27-20(29)31)26-19(30)28-9-6-24-7-10-28/h1-5,8,24-25H,6-7,9-15,23H2,(H,26,27,30,31). The summed E-state index contributed by atoms with van der Waals surface area (Å²) in [5.41, 5.74) is 8.05. The van der Waals surface area contributed by atoms with Gasteiger partial charge in [0, 0.05) is 44.5 Å². The summed E-state index contributed by atoms with van der Waals surface area (Å²) in [4.78, 5) is 30.5. The number of nitrogens with zero attached hydrogens (tertiary/aromatic N) is 3. The lowest BCUT2D eigenvalue weighted by atomic mass is 9.39. The van der Waals surface area contributed by atoms with Crippen molar-refractivity contribution in [2.24, 2.45) is 11.1 Å². The number of anilines is 1. The maximum atomic E-state index is 12.5. The maximum Gasteiger partial charge on any atom is 0.354 e. The minimum atomic E-state index is -0.426. The molecule has 2 amide bonds. The van der Waals surface area contributed by atoms with Gasteiger partial charge in [0.15, 0.2) is 0 Å². The van der Waals surface area contributed by atoms with Crippen LogP contribution in [-0.2, 0) is 6.54 Å². The fourth-order valence-electron chi connectivity index (χ4n) is 5.19. The Hall–Kier alpha value is -2.75. The molecule has 9 nitrogen and oxygen atoms in total. The minimum absolute atomic E-state index is 0.232. The molecule has 9 heteroatoms.